The number of aromatic nitrogens is 2. The van der Waals surface area contributed by atoms with Gasteiger partial charge in [0, 0.05) is 32.0 Å². The number of carbonyl (C=O) groups is 1. The van der Waals surface area contributed by atoms with Crippen molar-refractivity contribution >= 4 is 37.7 Å². The highest BCUT2D eigenvalue weighted by Crippen LogP contribution is 2.37. The first kappa shape index (κ1) is 30.8. The van der Waals surface area contributed by atoms with Crippen molar-refractivity contribution < 1.29 is 35.9 Å². The SMILES string of the molecule is COCN(c1cccc(-c2nn(C3CCN(C(=O)OC(C)(C)C)CC3)cc2Br)c1F)S(=O)(=O)c1cc(F)ccc1F. The number of benzene rings is 2. The third kappa shape index (κ3) is 6.70. The Morgan fingerprint density at radius 1 is 1.15 bits per heavy atom. The molecule has 1 fully saturated rings. The summed E-state index contributed by atoms with van der Waals surface area (Å²) >= 11 is 3.43. The van der Waals surface area contributed by atoms with E-state index in [1.165, 1.54) is 25.3 Å². The van der Waals surface area contributed by atoms with E-state index in [1.807, 2.05) is 0 Å². The molecule has 222 valence electrons. The Morgan fingerprint density at radius 3 is 2.46 bits per heavy atom. The maximum absolute atomic E-state index is 16.0. The molecule has 0 unspecified atom stereocenters. The molecule has 2 aromatic carbocycles. The standard InChI is InChI=1S/C27H30BrF3N4O5S/c1-27(2,3)40-26(36)33-12-10-18(11-13-33)34-15-20(28)25(32-34)19-6-5-7-22(24(19)31)35(16-39-4)41(37,38)23-14-17(29)8-9-21(23)30/h5-9,14-15,18H,10-13,16H2,1-4H3. The highest BCUT2D eigenvalue weighted by molar-refractivity contribution is 9.10. The number of likely N-dealkylation sites (tertiary alicyclic amines) is 1. The highest BCUT2D eigenvalue weighted by atomic mass is 79.9. The number of methoxy groups -OCH3 is 1. The van der Waals surface area contributed by atoms with Crippen LogP contribution in [0.3, 0.4) is 0 Å². The fourth-order valence-corrected chi connectivity index (χ4v) is 6.41. The number of amides is 1. The molecule has 9 nitrogen and oxygen atoms in total. The van der Waals surface area contributed by atoms with Gasteiger partial charge in [0.2, 0.25) is 0 Å². The average Bonchev–Trinajstić information content (AvgIpc) is 3.29. The van der Waals surface area contributed by atoms with Crippen LogP contribution in [-0.2, 0) is 19.5 Å². The fourth-order valence-electron chi connectivity index (χ4n) is 4.45. The number of sulfonamides is 1. The Balaban J connectivity index is 1.62. The van der Waals surface area contributed by atoms with E-state index in [0.29, 0.717) is 46.8 Å². The van der Waals surface area contributed by atoms with Gasteiger partial charge in [-0.25, -0.2) is 30.7 Å². The second-order valence-corrected chi connectivity index (χ2v) is 13.2. The van der Waals surface area contributed by atoms with Gasteiger partial charge in [-0.1, -0.05) is 6.07 Å². The van der Waals surface area contributed by atoms with E-state index < -0.39 is 50.4 Å². The maximum atomic E-state index is 16.0. The molecule has 1 aliphatic rings. The summed E-state index contributed by atoms with van der Waals surface area (Å²) < 4.78 is 84.0. The zero-order valence-corrected chi connectivity index (χ0v) is 25.3. The molecule has 0 bridgehead atoms. The van der Waals surface area contributed by atoms with Crippen LogP contribution in [0.25, 0.3) is 11.3 Å². The van der Waals surface area contributed by atoms with Gasteiger partial charge in [-0.15, -0.1) is 0 Å². The molecule has 0 spiro atoms. The molecule has 0 saturated carbocycles. The van der Waals surface area contributed by atoms with E-state index in [1.54, 1.807) is 36.5 Å². The molecule has 0 aliphatic carbocycles. The molecule has 2 heterocycles. The highest BCUT2D eigenvalue weighted by Gasteiger charge is 2.32. The van der Waals surface area contributed by atoms with Crippen molar-refractivity contribution in [3.63, 3.8) is 0 Å². The van der Waals surface area contributed by atoms with Crippen LogP contribution in [0.1, 0.15) is 39.7 Å². The summed E-state index contributed by atoms with van der Waals surface area (Å²) in [5, 5.41) is 4.57. The largest absolute Gasteiger partial charge is 0.444 e. The molecule has 0 atom stereocenters. The number of hydrogen-bond acceptors (Lipinski definition) is 6. The number of halogens is 4. The van der Waals surface area contributed by atoms with Crippen LogP contribution in [0.5, 0.6) is 0 Å². The molecule has 1 saturated heterocycles. The summed E-state index contributed by atoms with van der Waals surface area (Å²) in [5.41, 5.74) is -0.834. The number of piperidine rings is 1. The van der Waals surface area contributed by atoms with Gasteiger partial charge in [0.1, 0.15) is 34.6 Å². The van der Waals surface area contributed by atoms with Gasteiger partial charge < -0.3 is 14.4 Å². The maximum Gasteiger partial charge on any atom is 0.410 e. The molecule has 4 rings (SSSR count). The Bertz CT molecular complexity index is 1540. The summed E-state index contributed by atoms with van der Waals surface area (Å²) in [6, 6.07) is 5.98. The van der Waals surface area contributed by atoms with Gasteiger partial charge in [0.25, 0.3) is 10.0 Å². The first-order chi connectivity index (χ1) is 19.2. The minimum Gasteiger partial charge on any atom is -0.444 e. The Morgan fingerprint density at radius 2 is 1.83 bits per heavy atom. The van der Waals surface area contributed by atoms with Gasteiger partial charge in [-0.3, -0.25) is 4.68 Å². The lowest BCUT2D eigenvalue weighted by Gasteiger charge is -2.33. The lowest BCUT2D eigenvalue weighted by Crippen LogP contribution is -2.42. The van der Waals surface area contributed by atoms with Crippen LogP contribution < -0.4 is 4.31 Å². The molecular weight excluding hydrogens is 629 g/mol. The Kier molecular flexibility index (Phi) is 9.04. The van der Waals surface area contributed by atoms with E-state index >= 15 is 4.39 Å². The number of nitrogens with zero attached hydrogens (tertiary/aromatic N) is 4. The monoisotopic (exact) mass is 658 g/mol. The third-order valence-corrected chi connectivity index (χ3v) is 8.72. The summed E-state index contributed by atoms with van der Waals surface area (Å²) in [6.45, 7) is 5.66. The number of hydrogen-bond donors (Lipinski definition) is 0. The lowest BCUT2D eigenvalue weighted by atomic mass is 10.1. The van der Waals surface area contributed by atoms with Crippen molar-refractivity contribution in [2.75, 3.05) is 31.2 Å². The van der Waals surface area contributed by atoms with E-state index in [0.717, 1.165) is 6.07 Å². The lowest BCUT2D eigenvalue weighted by molar-refractivity contribution is 0.0184. The molecule has 0 radical (unpaired) electrons. The van der Waals surface area contributed by atoms with E-state index in [4.69, 9.17) is 9.47 Å². The zero-order valence-electron chi connectivity index (χ0n) is 22.9. The predicted molar refractivity (Wildman–Crippen MR) is 149 cm³/mol. The van der Waals surface area contributed by atoms with E-state index in [9.17, 15) is 22.0 Å². The van der Waals surface area contributed by atoms with Crippen molar-refractivity contribution in [2.24, 2.45) is 0 Å². The summed E-state index contributed by atoms with van der Waals surface area (Å²) in [5.74, 6) is -3.11. The van der Waals surface area contributed by atoms with Crippen LogP contribution in [0.4, 0.5) is 23.7 Å². The van der Waals surface area contributed by atoms with Crippen LogP contribution >= 0.6 is 15.9 Å². The van der Waals surface area contributed by atoms with Crippen molar-refractivity contribution in [2.45, 2.75) is 50.2 Å². The molecule has 41 heavy (non-hydrogen) atoms. The second kappa shape index (κ2) is 12.0. The number of ether oxygens (including phenoxy) is 2. The van der Waals surface area contributed by atoms with Crippen LogP contribution in [-0.4, -0.2) is 61.7 Å². The molecule has 14 heteroatoms. The van der Waals surface area contributed by atoms with Crippen molar-refractivity contribution in [1.82, 2.24) is 14.7 Å². The quantitative estimate of drug-likeness (QED) is 0.285. The first-order valence-corrected chi connectivity index (χ1v) is 14.9. The average molecular weight is 660 g/mol. The minimum atomic E-state index is -4.76. The van der Waals surface area contributed by atoms with Crippen molar-refractivity contribution in [1.29, 1.82) is 0 Å². The Hall–Kier alpha value is -3.10. The summed E-state index contributed by atoms with van der Waals surface area (Å²) in [4.78, 5) is 13.1. The number of rotatable bonds is 7. The molecule has 1 aromatic heterocycles. The topological polar surface area (TPSA) is 94.0 Å². The first-order valence-electron chi connectivity index (χ1n) is 12.7. The molecule has 1 amide bonds. The number of anilines is 1. The molecule has 3 aromatic rings. The van der Waals surface area contributed by atoms with Crippen LogP contribution in [0, 0.1) is 17.5 Å². The third-order valence-electron chi connectivity index (χ3n) is 6.39. The Labute approximate surface area is 245 Å². The molecule has 0 N–H and O–H groups in total. The van der Waals surface area contributed by atoms with Crippen LogP contribution in [0.15, 0.2) is 52.0 Å². The van der Waals surface area contributed by atoms with Crippen molar-refractivity contribution in [3.05, 3.63) is 64.5 Å². The summed E-state index contributed by atoms with van der Waals surface area (Å²) in [7, 11) is -3.57. The van der Waals surface area contributed by atoms with Crippen molar-refractivity contribution in [3.8, 4) is 11.3 Å². The molecule has 1 aliphatic heterocycles. The minimum absolute atomic E-state index is 0.0182. The number of carbonyl (C=O) groups excluding carboxylic acids is 1. The zero-order chi connectivity index (χ0) is 30.1. The van der Waals surface area contributed by atoms with Gasteiger partial charge in [0.05, 0.1) is 16.2 Å². The normalized spacial score (nSPS) is 14.8. The van der Waals surface area contributed by atoms with Gasteiger partial charge in [0.15, 0.2) is 5.82 Å². The van der Waals surface area contributed by atoms with Gasteiger partial charge in [-0.2, -0.15) is 5.10 Å². The van der Waals surface area contributed by atoms with E-state index in [-0.39, 0.29) is 23.4 Å². The van der Waals surface area contributed by atoms with E-state index in [2.05, 4.69) is 21.0 Å². The van der Waals surface area contributed by atoms with Crippen LogP contribution in [0.2, 0.25) is 0 Å². The second-order valence-electron chi connectivity index (χ2n) is 10.5. The predicted octanol–water partition coefficient (Wildman–Crippen LogP) is 6.10. The molecular formula is C27H30BrF3N4O5S. The fraction of sp³-hybridized carbons (Fsp3) is 0.407. The van der Waals surface area contributed by atoms with Gasteiger partial charge >= 0.3 is 6.09 Å². The smallest absolute Gasteiger partial charge is 0.410 e. The summed E-state index contributed by atoms with van der Waals surface area (Å²) in [6.07, 6.45) is 2.50. The van der Waals surface area contributed by atoms with Gasteiger partial charge in [-0.05, 0) is 79.9 Å².